The molecule has 0 atom stereocenters. The fourth-order valence-electron chi connectivity index (χ4n) is 3.30. The summed E-state index contributed by atoms with van der Waals surface area (Å²) in [6.45, 7) is 4.17. The molecule has 0 radical (unpaired) electrons. The fraction of sp³-hybridized carbons (Fsp3) is 0.286. The summed E-state index contributed by atoms with van der Waals surface area (Å²) in [6, 6.07) is 14.5. The van der Waals surface area contributed by atoms with Crippen LogP contribution < -0.4 is 5.32 Å². The lowest BCUT2D eigenvalue weighted by Crippen LogP contribution is -2.48. The van der Waals surface area contributed by atoms with Crippen molar-refractivity contribution in [2.45, 2.75) is 6.54 Å². The minimum Gasteiger partial charge on any atom is -0.338 e. The second-order valence-electron chi connectivity index (χ2n) is 7.13. The number of benzene rings is 2. The molecule has 1 N–H and O–H groups in total. The van der Waals surface area contributed by atoms with Gasteiger partial charge in [-0.05, 0) is 42.5 Å². The number of anilines is 1. The summed E-state index contributed by atoms with van der Waals surface area (Å²) in [6.07, 6.45) is 0. The average Bonchev–Trinajstić information content (AvgIpc) is 3.18. The second-order valence-corrected chi connectivity index (χ2v) is 8.00. The first-order chi connectivity index (χ1) is 14.5. The molecule has 0 aliphatic carbocycles. The smallest absolute Gasteiger partial charge is 0.241 e. The lowest BCUT2D eigenvalue weighted by molar-refractivity contribution is -0.117. The van der Waals surface area contributed by atoms with Crippen LogP contribution in [0.1, 0.15) is 5.89 Å². The van der Waals surface area contributed by atoms with Crippen LogP contribution in [0.3, 0.4) is 0 Å². The van der Waals surface area contributed by atoms with Crippen molar-refractivity contribution in [3.63, 3.8) is 0 Å². The zero-order chi connectivity index (χ0) is 20.9. The number of rotatable bonds is 6. The SMILES string of the molecule is O=C(CN1CCN(Cc2nc(-c3ccc(Cl)cc3)no2)CC1)Nc1cccc(Cl)c1. The number of carbonyl (C=O) groups is 1. The van der Waals surface area contributed by atoms with Crippen LogP contribution in [-0.4, -0.2) is 58.6 Å². The summed E-state index contributed by atoms with van der Waals surface area (Å²) in [5.41, 5.74) is 1.57. The summed E-state index contributed by atoms with van der Waals surface area (Å²) in [7, 11) is 0. The highest BCUT2D eigenvalue weighted by molar-refractivity contribution is 6.31. The van der Waals surface area contributed by atoms with E-state index in [1.807, 2.05) is 24.3 Å². The van der Waals surface area contributed by atoms with Crippen molar-refractivity contribution in [1.82, 2.24) is 19.9 Å². The number of hydrogen-bond donors (Lipinski definition) is 1. The quantitative estimate of drug-likeness (QED) is 0.621. The van der Waals surface area contributed by atoms with E-state index in [4.69, 9.17) is 27.7 Å². The summed E-state index contributed by atoms with van der Waals surface area (Å²) >= 11 is 11.9. The summed E-state index contributed by atoms with van der Waals surface area (Å²) in [5, 5.41) is 8.20. The van der Waals surface area contributed by atoms with Crippen molar-refractivity contribution >= 4 is 34.8 Å². The molecule has 1 saturated heterocycles. The van der Waals surface area contributed by atoms with Gasteiger partial charge in [0.1, 0.15) is 0 Å². The van der Waals surface area contributed by atoms with E-state index in [9.17, 15) is 4.79 Å². The lowest BCUT2D eigenvalue weighted by Gasteiger charge is -2.33. The molecule has 1 aliphatic rings. The molecule has 156 valence electrons. The Kier molecular flexibility index (Phi) is 6.64. The summed E-state index contributed by atoms with van der Waals surface area (Å²) in [5.74, 6) is 1.08. The maximum Gasteiger partial charge on any atom is 0.241 e. The van der Waals surface area contributed by atoms with Crippen LogP contribution in [-0.2, 0) is 11.3 Å². The molecule has 4 rings (SSSR count). The van der Waals surface area contributed by atoms with Crippen LogP contribution in [0.25, 0.3) is 11.4 Å². The Morgan fingerprint density at radius 2 is 1.73 bits per heavy atom. The van der Waals surface area contributed by atoms with Gasteiger partial charge in [-0.1, -0.05) is 34.4 Å². The molecule has 1 aliphatic heterocycles. The van der Waals surface area contributed by atoms with Crippen LogP contribution in [0.4, 0.5) is 5.69 Å². The Morgan fingerprint density at radius 1 is 1.00 bits per heavy atom. The van der Waals surface area contributed by atoms with E-state index in [1.54, 1.807) is 24.3 Å². The molecular weight excluding hydrogens is 425 g/mol. The van der Waals surface area contributed by atoms with Crippen LogP contribution in [0.15, 0.2) is 53.1 Å². The molecule has 0 unspecified atom stereocenters. The minimum absolute atomic E-state index is 0.0461. The third-order valence-corrected chi connectivity index (χ3v) is 5.36. The number of nitrogens with zero attached hydrogens (tertiary/aromatic N) is 4. The van der Waals surface area contributed by atoms with Gasteiger partial charge in [-0.3, -0.25) is 14.6 Å². The molecule has 0 bridgehead atoms. The van der Waals surface area contributed by atoms with E-state index in [2.05, 4.69) is 25.3 Å². The van der Waals surface area contributed by atoms with Crippen molar-refractivity contribution in [2.24, 2.45) is 0 Å². The highest BCUT2D eigenvalue weighted by Crippen LogP contribution is 2.19. The van der Waals surface area contributed by atoms with Gasteiger partial charge in [0.2, 0.25) is 17.6 Å². The number of hydrogen-bond acceptors (Lipinski definition) is 6. The predicted octanol–water partition coefficient (Wildman–Crippen LogP) is 3.80. The zero-order valence-corrected chi connectivity index (χ0v) is 17.7. The van der Waals surface area contributed by atoms with Crippen LogP contribution >= 0.6 is 23.2 Å². The zero-order valence-electron chi connectivity index (χ0n) is 16.2. The number of amides is 1. The van der Waals surface area contributed by atoms with Crippen molar-refractivity contribution in [2.75, 3.05) is 38.0 Å². The number of carbonyl (C=O) groups excluding carboxylic acids is 1. The Morgan fingerprint density at radius 3 is 2.47 bits per heavy atom. The van der Waals surface area contributed by atoms with E-state index in [-0.39, 0.29) is 5.91 Å². The molecule has 9 heteroatoms. The Balaban J connectivity index is 1.24. The van der Waals surface area contributed by atoms with E-state index < -0.39 is 0 Å². The lowest BCUT2D eigenvalue weighted by atomic mass is 10.2. The molecule has 1 amide bonds. The van der Waals surface area contributed by atoms with Crippen LogP contribution in [0.2, 0.25) is 10.0 Å². The highest BCUT2D eigenvalue weighted by Gasteiger charge is 2.21. The van der Waals surface area contributed by atoms with Gasteiger partial charge in [0.05, 0.1) is 13.1 Å². The monoisotopic (exact) mass is 445 g/mol. The molecule has 3 aromatic rings. The minimum atomic E-state index is -0.0461. The van der Waals surface area contributed by atoms with Gasteiger partial charge in [-0.15, -0.1) is 0 Å². The molecule has 0 spiro atoms. The molecule has 1 aromatic heterocycles. The first-order valence-electron chi connectivity index (χ1n) is 9.64. The van der Waals surface area contributed by atoms with E-state index >= 15 is 0 Å². The van der Waals surface area contributed by atoms with Crippen molar-refractivity contribution < 1.29 is 9.32 Å². The number of halogens is 2. The maximum absolute atomic E-state index is 12.3. The van der Waals surface area contributed by atoms with Crippen molar-refractivity contribution in [3.8, 4) is 11.4 Å². The van der Waals surface area contributed by atoms with Gasteiger partial charge in [0, 0.05) is 47.5 Å². The number of aromatic nitrogens is 2. The molecule has 1 fully saturated rings. The fourth-order valence-corrected chi connectivity index (χ4v) is 3.62. The van der Waals surface area contributed by atoms with E-state index in [0.29, 0.717) is 40.5 Å². The number of nitrogens with one attached hydrogen (secondary N) is 1. The Hall–Kier alpha value is -2.45. The largest absolute Gasteiger partial charge is 0.338 e. The average molecular weight is 446 g/mol. The Bertz CT molecular complexity index is 1000. The van der Waals surface area contributed by atoms with Gasteiger partial charge in [-0.2, -0.15) is 4.98 Å². The van der Waals surface area contributed by atoms with Gasteiger partial charge < -0.3 is 9.84 Å². The number of piperazine rings is 1. The summed E-state index contributed by atoms with van der Waals surface area (Å²) in [4.78, 5) is 21.1. The first kappa shape index (κ1) is 20.8. The molecule has 2 heterocycles. The molecule has 30 heavy (non-hydrogen) atoms. The second kappa shape index (κ2) is 9.57. The van der Waals surface area contributed by atoms with Gasteiger partial charge in [0.25, 0.3) is 0 Å². The van der Waals surface area contributed by atoms with Crippen molar-refractivity contribution in [1.29, 1.82) is 0 Å². The Labute approximate surface area is 184 Å². The summed E-state index contributed by atoms with van der Waals surface area (Å²) < 4.78 is 5.40. The maximum atomic E-state index is 12.3. The van der Waals surface area contributed by atoms with Crippen molar-refractivity contribution in [3.05, 3.63) is 64.5 Å². The predicted molar refractivity (Wildman–Crippen MR) is 117 cm³/mol. The first-order valence-corrected chi connectivity index (χ1v) is 10.4. The van der Waals surface area contributed by atoms with Crippen LogP contribution in [0.5, 0.6) is 0 Å². The third kappa shape index (κ3) is 5.58. The van der Waals surface area contributed by atoms with Crippen LogP contribution in [0, 0.1) is 0 Å². The third-order valence-electron chi connectivity index (χ3n) is 4.87. The topological polar surface area (TPSA) is 74.5 Å². The standard InChI is InChI=1S/C21H21Cl2N5O2/c22-16-6-4-15(5-7-16)21-25-20(30-26-21)14-28-10-8-27(9-11-28)13-19(29)24-18-3-1-2-17(23)12-18/h1-7,12H,8-11,13-14H2,(H,24,29). The molecule has 2 aromatic carbocycles. The molecule has 7 nitrogen and oxygen atoms in total. The molecule has 0 saturated carbocycles. The highest BCUT2D eigenvalue weighted by atomic mass is 35.5. The van der Waals surface area contributed by atoms with Gasteiger partial charge in [-0.25, -0.2) is 0 Å². The van der Waals surface area contributed by atoms with E-state index in [1.165, 1.54) is 0 Å². The van der Waals surface area contributed by atoms with E-state index in [0.717, 1.165) is 31.7 Å². The van der Waals surface area contributed by atoms with Gasteiger partial charge in [0.15, 0.2) is 0 Å². The molecular formula is C21H21Cl2N5O2. The van der Waals surface area contributed by atoms with Gasteiger partial charge >= 0.3 is 0 Å². The normalized spacial score (nSPS) is 15.3.